The van der Waals surface area contributed by atoms with Gasteiger partial charge in [-0.05, 0) is 37.5 Å². The number of carbonyl (C=O) groups is 1. The highest BCUT2D eigenvalue weighted by atomic mass is 35.5. The Morgan fingerprint density at radius 2 is 2.25 bits per heavy atom. The highest BCUT2D eigenvalue weighted by molar-refractivity contribution is 6.18. The molecule has 1 aromatic carbocycles. The van der Waals surface area contributed by atoms with Crippen LogP contribution in [0.1, 0.15) is 29.5 Å². The molecule has 1 aliphatic heterocycles. The van der Waals surface area contributed by atoms with Crippen molar-refractivity contribution in [2.45, 2.75) is 26.3 Å². The Bertz CT molecular complexity index is 649. The highest BCUT2D eigenvalue weighted by Crippen LogP contribution is 2.28. The van der Waals surface area contributed by atoms with Crippen molar-refractivity contribution in [2.75, 3.05) is 12.4 Å². The molecule has 2 atom stereocenters. The van der Waals surface area contributed by atoms with Gasteiger partial charge in [-0.15, -0.1) is 11.6 Å². The van der Waals surface area contributed by atoms with E-state index in [1.54, 1.807) is 0 Å². The van der Waals surface area contributed by atoms with E-state index in [0.717, 1.165) is 29.5 Å². The highest BCUT2D eigenvalue weighted by Gasteiger charge is 2.35. The molecule has 0 bridgehead atoms. The van der Waals surface area contributed by atoms with E-state index in [2.05, 4.69) is 6.92 Å². The SMILES string of the molecule is Cc1ccc2oc(C(=O)N3CCC(C)C3CCl)cc2c1. The van der Waals surface area contributed by atoms with Crippen molar-refractivity contribution in [1.29, 1.82) is 0 Å². The van der Waals surface area contributed by atoms with Gasteiger partial charge in [-0.2, -0.15) is 0 Å². The van der Waals surface area contributed by atoms with Crippen LogP contribution in [0.3, 0.4) is 0 Å². The van der Waals surface area contributed by atoms with Gasteiger partial charge in [0.15, 0.2) is 5.76 Å². The number of nitrogens with zero attached hydrogens (tertiary/aromatic N) is 1. The maximum Gasteiger partial charge on any atom is 0.289 e. The Labute approximate surface area is 123 Å². The Kier molecular flexibility index (Phi) is 3.47. The number of furan rings is 1. The first-order chi connectivity index (χ1) is 9.60. The summed E-state index contributed by atoms with van der Waals surface area (Å²) in [5.41, 5.74) is 1.92. The van der Waals surface area contributed by atoms with E-state index in [1.165, 1.54) is 0 Å². The molecule has 1 amide bonds. The van der Waals surface area contributed by atoms with Gasteiger partial charge < -0.3 is 9.32 Å². The summed E-state index contributed by atoms with van der Waals surface area (Å²) in [6.07, 6.45) is 1.00. The van der Waals surface area contributed by atoms with Crippen LogP contribution in [0.15, 0.2) is 28.7 Å². The lowest BCUT2D eigenvalue weighted by Gasteiger charge is -2.24. The second kappa shape index (κ2) is 5.13. The molecular formula is C16H18ClNO2. The number of alkyl halides is 1. The molecule has 4 heteroatoms. The number of fused-ring (bicyclic) bond motifs is 1. The van der Waals surface area contributed by atoms with E-state index in [0.29, 0.717) is 17.6 Å². The molecule has 2 aromatic rings. The monoisotopic (exact) mass is 291 g/mol. The lowest BCUT2D eigenvalue weighted by molar-refractivity contribution is 0.0707. The molecular weight excluding hydrogens is 274 g/mol. The van der Waals surface area contributed by atoms with Crippen LogP contribution in [0.5, 0.6) is 0 Å². The maximum atomic E-state index is 12.6. The number of carbonyl (C=O) groups excluding carboxylic acids is 1. The summed E-state index contributed by atoms with van der Waals surface area (Å²) in [6.45, 7) is 4.93. The second-order valence-electron chi connectivity index (χ2n) is 5.64. The van der Waals surface area contributed by atoms with Crippen molar-refractivity contribution < 1.29 is 9.21 Å². The van der Waals surface area contributed by atoms with Gasteiger partial charge in [0.25, 0.3) is 5.91 Å². The van der Waals surface area contributed by atoms with Crippen molar-refractivity contribution >= 4 is 28.5 Å². The first-order valence-corrected chi connectivity index (χ1v) is 7.50. The van der Waals surface area contributed by atoms with Gasteiger partial charge in [-0.3, -0.25) is 4.79 Å². The summed E-state index contributed by atoms with van der Waals surface area (Å²) in [5, 5.41) is 0.975. The van der Waals surface area contributed by atoms with Crippen LogP contribution < -0.4 is 0 Å². The number of amides is 1. The molecule has 106 valence electrons. The van der Waals surface area contributed by atoms with E-state index in [4.69, 9.17) is 16.0 Å². The van der Waals surface area contributed by atoms with Crippen LogP contribution in [0.2, 0.25) is 0 Å². The molecule has 0 saturated carbocycles. The first-order valence-electron chi connectivity index (χ1n) is 6.97. The van der Waals surface area contributed by atoms with E-state index in [1.807, 2.05) is 36.1 Å². The maximum absolute atomic E-state index is 12.6. The Hall–Kier alpha value is -1.48. The summed E-state index contributed by atoms with van der Waals surface area (Å²) in [6, 6.07) is 7.87. The molecule has 3 rings (SSSR count). The normalized spacial score (nSPS) is 22.6. The van der Waals surface area contributed by atoms with Crippen LogP contribution >= 0.6 is 11.6 Å². The molecule has 1 aromatic heterocycles. The number of halogens is 1. The molecule has 0 spiro atoms. The van der Waals surface area contributed by atoms with Crippen molar-refractivity contribution in [1.82, 2.24) is 4.90 Å². The van der Waals surface area contributed by atoms with Crippen LogP contribution in [0, 0.1) is 12.8 Å². The predicted octanol–water partition coefficient (Wildman–Crippen LogP) is 3.83. The predicted molar refractivity (Wildman–Crippen MR) is 80.3 cm³/mol. The van der Waals surface area contributed by atoms with Gasteiger partial charge in [-0.25, -0.2) is 0 Å². The van der Waals surface area contributed by atoms with Gasteiger partial charge in [0.05, 0.1) is 0 Å². The zero-order valence-corrected chi connectivity index (χ0v) is 12.5. The average molecular weight is 292 g/mol. The summed E-state index contributed by atoms with van der Waals surface area (Å²) in [4.78, 5) is 14.4. The molecule has 2 heterocycles. The third-order valence-corrected chi connectivity index (χ3v) is 4.50. The second-order valence-corrected chi connectivity index (χ2v) is 5.95. The standard InChI is InChI=1S/C16H18ClNO2/c1-10-3-4-14-12(7-10)8-15(20-14)16(19)18-6-5-11(2)13(18)9-17/h3-4,7-8,11,13H,5-6,9H2,1-2H3. The molecule has 1 saturated heterocycles. The number of benzene rings is 1. The third kappa shape index (κ3) is 2.20. The Morgan fingerprint density at radius 1 is 1.45 bits per heavy atom. The van der Waals surface area contributed by atoms with Crippen molar-refractivity contribution in [3.63, 3.8) is 0 Å². The number of rotatable bonds is 2. The zero-order chi connectivity index (χ0) is 14.3. The number of likely N-dealkylation sites (tertiary alicyclic amines) is 1. The minimum Gasteiger partial charge on any atom is -0.451 e. The van der Waals surface area contributed by atoms with Gasteiger partial charge in [0.2, 0.25) is 0 Å². The quantitative estimate of drug-likeness (QED) is 0.788. The molecule has 0 N–H and O–H groups in total. The van der Waals surface area contributed by atoms with Crippen molar-refractivity contribution in [2.24, 2.45) is 5.92 Å². The van der Waals surface area contributed by atoms with Gasteiger partial charge in [0.1, 0.15) is 5.58 Å². The summed E-state index contributed by atoms with van der Waals surface area (Å²) >= 11 is 6.00. The average Bonchev–Trinajstić information content (AvgIpc) is 3.00. The number of hydrogen-bond acceptors (Lipinski definition) is 2. The van der Waals surface area contributed by atoms with Gasteiger partial charge in [0, 0.05) is 23.9 Å². The molecule has 2 unspecified atom stereocenters. The fourth-order valence-electron chi connectivity index (χ4n) is 2.91. The fraction of sp³-hybridized carbons (Fsp3) is 0.438. The molecule has 20 heavy (non-hydrogen) atoms. The first kappa shape index (κ1) is 13.5. The van der Waals surface area contributed by atoms with Crippen LogP contribution in [0.4, 0.5) is 0 Å². The van der Waals surface area contributed by atoms with E-state index in [9.17, 15) is 4.79 Å². The summed E-state index contributed by atoms with van der Waals surface area (Å²) < 4.78 is 5.69. The lowest BCUT2D eigenvalue weighted by atomic mass is 10.1. The van der Waals surface area contributed by atoms with Crippen molar-refractivity contribution in [3.8, 4) is 0 Å². The van der Waals surface area contributed by atoms with E-state index in [-0.39, 0.29) is 11.9 Å². The Morgan fingerprint density at radius 3 is 3.00 bits per heavy atom. The minimum atomic E-state index is -0.0474. The van der Waals surface area contributed by atoms with Gasteiger partial charge >= 0.3 is 0 Å². The molecule has 1 fully saturated rings. The fourth-order valence-corrected chi connectivity index (χ4v) is 3.38. The molecule has 0 aliphatic carbocycles. The molecule has 1 aliphatic rings. The minimum absolute atomic E-state index is 0.0474. The van der Waals surface area contributed by atoms with Crippen LogP contribution in [-0.4, -0.2) is 29.3 Å². The third-order valence-electron chi connectivity index (χ3n) is 4.18. The van der Waals surface area contributed by atoms with Crippen LogP contribution in [0.25, 0.3) is 11.0 Å². The van der Waals surface area contributed by atoms with Crippen molar-refractivity contribution in [3.05, 3.63) is 35.6 Å². The smallest absolute Gasteiger partial charge is 0.289 e. The summed E-state index contributed by atoms with van der Waals surface area (Å²) in [7, 11) is 0. The Balaban J connectivity index is 1.92. The molecule has 0 radical (unpaired) electrons. The summed E-state index contributed by atoms with van der Waals surface area (Å²) in [5.74, 6) is 1.29. The largest absolute Gasteiger partial charge is 0.451 e. The number of aryl methyl sites for hydroxylation is 1. The molecule has 3 nitrogen and oxygen atoms in total. The zero-order valence-electron chi connectivity index (χ0n) is 11.7. The van der Waals surface area contributed by atoms with E-state index >= 15 is 0 Å². The lowest BCUT2D eigenvalue weighted by Crippen LogP contribution is -2.38. The number of hydrogen-bond donors (Lipinski definition) is 0. The van der Waals surface area contributed by atoms with Crippen LogP contribution in [-0.2, 0) is 0 Å². The van der Waals surface area contributed by atoms with Gasteiger partial charge in [-0.1, -0.05) is 18.6 Å². The topological polar surface area (TPSA) is 33.5 Å². The van der Waals surface area contributed by atoms with E-state index < -0.39 is 0 Å².